The Hall–Kier alpha value is -6.18. The van der Waals surface area contributed by atoms with E-state index in [1.54, 1.807) is 0 Å². The van der Waals surface area contributed by atoms with Gasteiger partial charge in [-0.3, -0.25) is 0 Å². The van der Waals surface area contributed by atoms with Crippen LogP contribution in [0, 0.1) is 0 Å². The highest BCUT2D eigenvalue weighted by Gasteiger charge is 2.39. The number of hydrogen-bond donors (Lipinski definition) is 0. The quantitative estimate of drug-likeness (QED) is 0.175. The first kappa shape index (κ1) is 31.5. The molecule has 0 radical (unpaired) electrons. The molecule has 0 N–H and O–H groups in total. The fraction of sp³-hybridized carbons (Fsp3) is 0.115. The summed E-state index contributed by atoms with van der Waals surface area (Å²) in [7, 11) is 0. The lowest BCUT2D eigenvalue weighted by Gasteiger charge is -2.33. The Morgan fingerprint density at radius 1 is 0.358 bits per heavy atom. The van der Waals surface area contributed by atoms with Gasteiger partial charge in [0.05, 0.1) is 11.4 Å². The Morgan fingerprint density at radius 2 is 0.906 bits per heavy atom. The summed E-state index contributed by atoms with van der Waals surface area (Å²) in [4.78, 5) is 2.53. The van der Waals surface area contributed by atoms with E-state index in [0.717, 1.165) is 11.4 Å². The normalized spacial score (nSPS) is 14.3. The number of anilines is 3. The Morgan fingerprint density at radius 3 is 1.74 bits per heavy atom. The first-order valence-electron chi connectivity index (χ1n) is 18.8. The van der Waals surface area contributed by atoms with E-state index in [1.807, 2.05) is 0 Å². The number of rotatable bonds is 5. The zero-order valence-corrected chi connectivity index (χ0v) is 30.7. The summed E-state index contributed by atoms with van der Waals surface area (Å²) >= 11 is 0. The average molecular weight is 680 g/mol. The van der Waals surface area contributed by atoms with Crippen LogP contribution >= 0.6 is 0 Å². The van der Waals surface area contributed by atoms with Crippen molar-refractivity contribution in [3.8, 4) is 44.5 Å². The summed E-state index contributed by atoms with van der Waals surface area (Å²) in [5, 5.41) is 2.51. The highest BCUT2D eigenvalue weighted by molar-refractivity contribution is 5.99. The molecule has 8 aromatic carbocycles. The summed E-state index contributed by atoms with van der Waals surface area (Å²) in [6, 6.07) is 65.3. The van der Waals surface area contributed by atoms with Gasteiger partial charge in [-0.15, -0.1) is 0 Å². The summed E-state index contributed by atoms with van der Waals surface area (Å²) in [5.74, 6) is 0. The molecule has 0 heterocycles. The molecule has 2 aliphatic rings. The molecule has 0 amide bonds. The van der Waals surface area contributed by atoms with E-state index in [2.05, 4.69) is 209 Å². The standard InChI is InChI=1S/C52H41N/c1-51(2)45-26-10-7-22-41(45)43-31-30-36(33-47(43)51)40-21-9-12-28-48(40)53(49-29-15-25-44-42-23-8-11-27-46(42)52(3,4)50(44)49)37-19-13-18-35(32-37)39-24-14-17-34-16-5-6-20-38(34)39/h5-33H,1-4H3. The molecule has 10 rings (SSSR count). The van der Waals surface area contributed by atoms with Gasteiger partial charge < -0.3 is 4.90 Å². The molecule has 53 heavy (non-hydrogen) atoms. The van der Waals surface area contributed by atoms with Gasteiger partial charge in [-0.1, -0.05) is 173 Å². The van der Waals surface area contributed by atoms with Crippen molar-refractivity contribution in [1.29, 1.82) is 0 Å². The minimum atomic E-state index is -0.188. The van der Waals surface area contributed by atoms with Gasteiger partial charge in [0.1, 0.15) is 0 Å². The second-order valence-electron chi connectivity index (χ2n) is 15.7. The highest BCUT2D eigenvalue weighted by Crippen LogP contribution is 2.56. The van der Waals surface area contributed by atoms with Gasteiger partial charge in [0.15, 0.2) is 0 Å². The van der Waals surface area contributed by atoms with E-state index in [9.17, 15) is 0 Å². The van der Waals surface area contributed by atoms with Crippen LogP contribution in [0.25, 0.3) is 55.3 Å². The number of hydrogen-bond acceptors (Lipinski definition) is 1. The van der Waals surface area contributed by atoms with Crippen molar-refractivity contribution < 1.29 is 0 Å². The lowest BCUT2D eigenvalue weighted by Crippen LogP contribution is -2.21. The van der Waals surface area contributed by atoms with E-state index >= 15 is 0 Å². The molecule has 2 aliphatic carbocycles. The van der Waals surface area contributed by atoms with Gasteiger partial charge >= 0.3 is 0 Å². The zero-order valence-electron chi connectivity index (χ0n) is 30.7. The Bertz CT molecular complexity index is 2740. The molecule has 0 atom stereocenters. The van der Waals surface area contributed by atoms with E-state index in [0.29, 0.717) is 0 Å². The molecule has 0 saturated carbocycles. The molecular weight excluding hydrogens is 639 g/mol. The SMILES string of the molecule is CC1(C)c2ccccc2-c2ccc(-c3ccccc3N(c3cccc(-c4cccc5ccccc45)c3)c3cccc4c3C(C)(C)c3ccccc3-4)cc21. The van der Waals surface area contributed by atoms with Crippen LogP contribution in [-0.4, -0.2) is 0 Å². The number of nitrogens with zero attached hydrogens (tertiary/aromatic N) is 1. The van der Waals surface area contributed by atoms with Crippen LogP contribution in [0.15, 0.2) is 176 Å². The molecule has 0 aromatic heterocycles. The van der Waals surface area contributed by atoms with Crippen LogP contribution in [-0.2, 0) is 10.8 Å². The van der Waals surface area contributed by atoms with Crippen molar-refractivity contribution in [3.63, 3.8) is 0 Å². The van der Waals surface area contributed by atoms with Crippen molar-refractivity contribution >= 4 is 27.8 Å². The third-order valence-corrected chi connectivity index (χ3v) is 12.0. The maximum absolute atomic E-state index is 2.53. The Labute approximate surface area is 312 Å². The maximum Gasteiger partial charge on any atom is 0.0540 e. The predicted octanol–water partition coefficient (Wildman–Crippen LogP) is 14.3. The van der Waals surface area contributed by atoms with Crippen LogP contribution < -0.4 is 4.90 Å². The molecule has 8 aromatic rings. The topological polar surface area (TPSA) is 3.24 Å². The fourth-order valence-electron chi connectivity index (χ4n) is 9.49. The third-order valence-electron chi connectivity index (χ3n) is 12.0. The van der Waals surface area contributed by atoms with Gasteiger partial charge in [0.2, 0.25) is 0 Å². The summed E-state index contributed by atoms with van der Waals surface area (Å²) in [5.41, 5.74) is 19.0. The van der Waals surface area contributed by atoms with Crippen molar-refractivity contribution in [2.45, 2.75) is 38.5 Å². The third kappa shape index (κ3) is 4.70. The number of fused-ring (bicyclic) bond motifs is 7. The van der Waals surface area contributed by atoms with Crippen LogP contribution in [0.4, 0.5) is 17.1 Å². The first-order valence-corrected chi connectivity index (χ1v) is 18.8. The van der Waals surface area contributed by atoms with E-state index in [4.69, 9.17) is 0 Å². The Balaban J connectivity index is 1.22. The Kier molecular flexibility index (Phi) is 6.94. The largest absolute Gasteiger partial charge is 0.310 e. The number of benzene rings is 8. The summed E-state index contributed by atoms with van der Waals surface area (Å²) in [6.07, 6.45) is 0. The van der Waals surface area contributed by atoms with Crippen LogP contribution in [0.2, 0.25) is 0 Å². The van der Waals surface area contributed by atoms with Gasteiger partial charge in [0.25, 0.3) is 0 Å². The minimum absolute atomic E-state index is 0.0839. The van der Waals surface area contributed by atoms with Gasteiger partial charge in [0, 0.05) is 22.1 Å². The molecule has 0 spiro atoms. The van der Waals surface area contributed by atoms with Crippen LogP contribution in [0.3, 0.4) is 0 Å². The second-order valence-corrected chi connectivity index (χ2v) is 15.7. The lowest BCUT2D eigenvalue weighted by atomic mass is 9.81. The van der Waals surface area contributed by atoms with Gasteiger partial charge in [-0.25, -0.2) is 0 Å². The van der Waals surface area contributed by atoms with Crippen molar-refractivity contribution in [2.75, 3.05) is 4.90 Å². The molecule has 254 valence electrons. The van der Waals surface area contributed by atoms with Gasteiger partial charge in [-0.2, -0.15) is 0 Å². The lowest BCUT2D eigenvalue weighted by molar-refractivity contribution is 0.660. The monoisotopic (exact) mass is 679 g/mol. The van der Waals surface area contributed by atoms with Crippen LogP contribution in [0.1, 0.15) is 49.9 Å². The van der Waals surface area contributed by atoms with Gasteiger partial charge in [-0.05, 0) is 102 Å². The molecule has 0 fully saturated rings. The minimum Gasteiger partial charge on any atom is -0.310 e. The molecular formula is C52H41N. The fourth-order valence-corrected chi connectivity index (χ4v) is 9.49. The molecule has 0 aliphatic heterocycles. The second kappa shape index (κ2) is 11.7. The molecule has 0 saturated heterocycles. The average Bonchev–Trinajstić information content (AvgIpc) is 3.58. The van der Waals surface area contributed by atoms with E-state index in [1.165, 1.54) is 83.2 Å². The van der Waals surface area contributed by atoms with E-state index < -0.39 is 0 Å². The molecule has 1 heteroatoms. The molecule has 0 bridgehead atoms. The first-order chi connectivity index (χ1) is 25.8. The van der Waals surface area contributed by atoms with Crippen molar-refractivity contribution in [1.82, 2.24) is 0 Å². The van der Waals surface area contributed by atoms with Crippen molar-refractivity contribution in [3.05, 3.63) is 198 Å². The molecule has 1 nitrogen and oxygen atoms in total. The highest BCUT2D eigenvalue weighted by atomic mass is 15.1. The number of para-hydroxylation sites is 1. The predicted molar refractivity (Wildman–Crippen MR) is 225 cm³/mol. The summed E-state index contributed by atoms with van der Waals surface area (Å²) < 4.78 is 0. The van der Waals surface area contributed by atoms with Crippen molar-refractivity contribution in [2.24, 2.45) is 0 Å². The zero-order chi connectivity index (χ0) is 35.9. The molecule has 0 unspecified atom stereocenters. The maximum atomic E-state index is 2.53. The van der Waals surface area contributed by atoms with E-state index in [-0.39, 0.29) is 10.8 Å². The smallest absolute Gasteiger partial charge is 0.0540 e. The summed E-state index contributed by atoms with van der Waals surface area (Å²) in [6.45, 7) is 9.51. The van der Waals surface area contributed by atoms with Crippen LogP contribution in [0.5, 0.6) is 0 Å².